The zero-order valence-electron chi connectivity index (χ0n) is 10.8. The minimum absolute atomic E-state index is 0.411. The summed E-state index contributed by atoms with van der Waals surface area (Å²) >= 11 is 0. The first-order chi connectivity index (χ1) is 8.55. The van der Waals surface area contributed by atoms with Crippen LogP contribution in [0.1, 0.15) is 38.8 Å². The molecule has 1 aliphatic carbocycles. The molecule has 2 heterocycles. The van der Waals surface area contributed by atoms with E-state index in [1.165, 1.54) is 12.0 Å². The van der Waals surface area contributed by atoms with E-state index in [9.17, 15) is 0 Å². The molecule has 2 N–H and O–H groups in total. The molecule has 0 fully saturated rings. The van der Waals surface area contributed by atoms with Crippen LogP contribution < -0.4 is 5.73 Å². The fourth-order valence-electron chi connectivity index (χ4n) is 2.42. The summed E-state index contributed by atoms with van der Waals surface area (Å²) in [6.07, 6.45) is 11.3. The second-order valence-electron chi connectivity index (χ2n) is 5.77. The summed E-state index contributed by atoms with van der Waals surface area (Å²) in [5.74, 6) is 0.503. The van der Waals surface area contributed by atoms with Crippen molar-refractivity contribution < 1.29 is 0 Å². The standard InChI is InChI=1S/C14H18N4/c1-14(2)5-3-10(4-6-14)11-9-18-8-7-16-13(18)12(15)17-11/h3,7-9H,4-6H2,1-2H3,(H2,15,17). The van der Waals surface area contributed by atoms with Crippen LogP contribution in [0.4, 0.5) is 5.82 Å². The molecule has 1 aliphatic rings. The number of aromatic nitrogens is 3. The molecule has 4 nitrogen and oxygen atoms in total. The van der Waals surface area contributed by atoms with Crippen molar-refractivity contribution in [2.45, 2.75) is 33.1 Å². The van der Waals surface area contributed by atoms with Crippen LogP contribution >= 0.6 is 0 Å². The van der Waals surface area contributed by atoms with Gasteiger partial charge >= 0.3 is 0 Å². The molecule has 0 saturated heterocycles. The number of rotatable bonds is 1. The van der Waals surface area contributed by atoms with E-state index >= 15 is 0 Å². The third-order valence-electron chi connectivity index (χ3n) is 3.70. The van der Waals surface area contributed by atoms with Gasteiger partial charge in [-0.05, 0) is 30.3 Å². The van der Waals surface area contributed by atoms with Crippen molar-refractivity contribution in [2.24, 2.45) is 5.41 Å². The second-order valence-corrected chi connectivity index (χ2v) is 5.77. The summed E-state index contributed by atoms with van der Waals surface area (Å²) in [5.41, 5.74) is 9.37. The molecule has 0 radical (unpaired) electrons. The first-order valence-electron chi connectivity index (χ1n) is 6.34. The van der Waals surface area contributed by atoms with E-state index in [-0.39, 0.29) is 0 Å². The topological polar surface area (TPSA) is 56.2 Å². The number of anilines is 1. The molecule has 0 unspecified atom stereocenters. The maximum absolute atomic E-state index is 5.94. The highest BCUT2D eigenvalue weighted by Gasteiger charge is 2.22. The van der Waals surface area contributed by atoms with Crippen LogP contribution in [-0.4, -0.2) is 14.4 Å². The average Bonchev–Trinajstić information content (AvgIpc) is 2.77. The first-order valence-corrected chi connectivity index (χ1v) is 6.34. The quantitative estimate of drug-likeness (QED) is 0.836. The van der Waals surface area contributed by atoms with Crippen LogP contribution in [0.2, 0.25) is 0 Å². The molecular weight excluding hydrogens is 224 g/mol. The number of fused-ring (bicyclic) bond motifs is 1. The Kier molecular flexibility index (Phi) is 2.40. The highest BCUT2D eigenvalue weighted by Crippen LogP contribution is 2.37. The summed E-state index contributed by atoms with van der Waals surface area (Å²) in [6.45, 7) is 4.61. The molecule has 2 aromatic rings. The lowest BCUT2D eigenvalue weighted by Gasteiger charge is -2.28. The number of hydrogen-bond donors (Lipinski definition) is 1. The largest absolute Gasteiger partial charge is 0.381 e. The van der Waals surface area contributed by atoms with Crippen LogP contribution in [-0.2, 0) is 0 Å². The van der Waals surface area contributed by atoms with Gasteiger partial charge in [-0.3, -0.25) is 0 Å². The fraction of sp³-hybridized carbons (Fsp3) is 0.429. The Hall–Kier alpha value is -1.84. The van der Waals surface area contributed by atoms with E-state index in [2.05, 4.69) is 29.9 Å². The minimum Gasteiger partial charge on any atom is -0.381 e. The molecule has 0 saturated carbocycles. The van der Waals surface area contributed by atoms with Crippen molar-refractivity contribution in [3.8, 4) is 0 Å². The van der Waals surface area contributed by atoms with Crippen LogP contribution in [0.15, 0.2) is 24.7 Å². The predicted octanol–water partition coefficient (Wildman–Crippen LogP) is 2.91. The van der Waals surface area contributed by atoms with Crippen LogP contribution in [0.5, 0.6) is 0 Å². The lowest BCUT2D eigenvalue weighted by Crippen LogP contribution is -2.14. The van der Waals surface area contributed by atoms with Crippen LogP contribution in [0.25, 0.3) is 11.2 Å². The highest BCUT2D eigenvalue weighted by molar-refractivity contribution is 5.68. The predicted molar refractivity (Wildman–Crippen MR) is 73.0 cm³/mol. The van der Waals surface area contributed by atoms with Gasteiger partial charge in [-0.1, -0.05) is 19.9 Å². The molecule has 0 atom stereocenters. The number of nitrogen functional groups attached to an aromatic ring is 1. The van der Waals surface area contributed by atoms with Crippen LogP contribution in [0, 0.1) is 5.41 Å². The number of nitrogens with two attached hydrogens (primary N) is 1. The Balaban J connectivity index is 2.02. The number of nitrogens with zero attached hydrogens (tertiary/aromatic N) is 3. The summed E-state index contributed by atoms with van der Waals surface area (Å²) in [5, 5.41) is 0. The molecular formula is C14H18N4. The van der Waals surface area contributed by atoms with E-state index in [1.807, 2.05) is 16.8 Å². The van der Waals surface area contributed by atoms with Crippen LogP contribution in [0.3, 0.4) is 0 Å². The van der Waals surface area contributed by atoms with Crippen molar-refractivity contribution in [1.82, 2.24) is 14.4 Å². The van der Waals surface area contributed by atoms with Gasteiger partial charge in [0, 0.05) is 18.6 Å². The zero-order valence-corrected chi connectivity index (χ0v) is 10.8. The number of allylic oxidation sites excluding steroid dienone is 2. The Labute approximate surface area is 107 Å². The highest BCUT2D eigenvalue weighted by atomic mass is 15.0. The van der Waals surface area contributed by atoms with Crippen molar-refractivity contribution in [1.29, 1.82) is 0 Å². The summed E-state index contributed by atoms with van der Waals surface area (Å²) in [4.78, 5) is 8.65. The fourth-order valence-corrected chi connectivity index (χ4v) is 2.42. The number of hydrogen-bond acceptors (Lipinski definition) is 3. The van der Waals surface area contributed by atoms with Gasteiger partial charge in [-0.2, -0.15) is 0 Å². The van der Waals surface area contributed by atoms with E-state index in [0.29, 0.717) is 11.2 Å². The summed E-state index contributed by atoms with van der Waals surface area (Å²) < 4.78 is 1.94. The third-order valence-corrected chi connectivity index (χ3v) is 3.70. The Morgan fingerprint density at radius 3 is 2.94 bits per heavy atom. The van der Waals surface area contributed by atoms with E-state index < -0.39 is 0 Å². The third kappa shape index (κ3) is 1.88. The van der Waals surface area contributed by atoms with Gasteiger partial charge in [0.05, 0.1) is 5.69 Å². The minimum atomic E-state index is 0.411. The van der Waals surface area contributed by atoms with E-state index in [4.69, 9.17) is 5.73 Å². The SMILES string of the molecule is CC1(C)CC=C(c2cn3ccnc3c(N)n2)CC1. The van der Waals surface area contributed by atoms with E-state index in [1.54, 1.807) is 6.20 Å². The van der Waals surface area contributed by atoms with Crippen molar-refractivity contribution in [3.63, 3.8) is 0 Å². The smallest absolute Gasteiger partial charge is 0.179 e. The van der Waals surface area contributed by atoms with Gasteiger partial charge in [-0.25, -0.2) is 9.97 Å². The van der Waals surface area contributed by atoms with Crippen molar-refractivity contribution in [3.05, 3.63) is 30.4 Å². The maximum atomic E-state index is 5.94. The van der Waals surface area contributed by atoms with Crippen molar-refractivity contribution in [2.75, 3.05) is 5.73 Å². The monoisotopic (exact) mass is 242 g/mol. The zero-order chi connectivity index (χ0) is 12.8. The number of imidazole rings is 1. The van der Waals surface area contributed by atoms with Gasteiger partial charge in [0.2, 0.25) is 0 Å². The molecule has 0 bridgehead atoms. The summed E-state index contributed by atoms with van der Waals surface area (Å²) in [7, 11) is 0. The first kappa shape index (κ1) is 11.3. The second kappa shape index (κ2) is 3.83. The molecule has 18 heavy (non-hydrogen) atoms. The molecule has 3 rings (SSSR count). The molecule has 0 aromatic carbocycles. The molecule has 2 aromatic heterocycles. The van der Waals surface area contributed by atoms with Gasteiger partial charge in [0.25, 0.3) is 0 Å². The normalized spacial score (nSPS) is 18.9. The Morgan fingerprint density at radius 1 is 1.39 bits per heavy atom. The Bertz CT molecular complexity index is 622. The lowest BCUT2D eigenvalue weighted by atomic mass is 9.78. The Morgan fingerprint density at radius 2 is 2.22 bits per heavy atom. The molecule has 0 amide bonds. The van der Waals surface area contributed by atoms with Gasteiger partial charge in [-0.15, -0.1) is 0 Å². The molecule has 4 heteroatoms. The van der Waals surface area contributed by atoms with Gasteiger partial charge in [0.1, 0.15) is 0 Å². The lowest BCUT2D eigenvalue weighted by molar-refractivity contribution is 0.334. The molecule has 0 spiro atoms. The molecule has 0 aliphatic heterocycles. The van der Waals surface area contributed by atoms with E-state index in [0.717, 1.165) is 24.2 Å². The van der Waals surface area contributed by atoms with Gasteiger partial charge < -0.3 is 10.1 Å². The average molecular weight is 242 g/mol. The maximum Gasteiger partial charge on any atom is 0.179 e. The molecule has 94 valence electrons. The van der Waals surface area contributed by atoms with Gasteiger partial charge in [0.15, 0.2) is 11.5 Å². The van der Waals surface area contributed by atoms with Crippen molar-refractivity contribution >= 4 is 17.0 Å². The summed E-state index contributed by atoms with van der Waals surface area (Å²) in [6, 6.07) is 0.